The van der Waals surface area contributed by atoms with Gasteiger partial charge in [-0.25, -0.2) is 4.39 Å². The van der Waals surface area contributed by atoms with Crippen LogP contribution >= 0.6 is 11.6 Å². The first kappa shape index (κ1) is 14.7. The number of nitrogens with one attached hydrogen (secondary N) is 1. The van der Waals surface area contributed by atoms with E-state index in [0.29, 0.717) is 35.8 Å². The lowest BCUT2D eigenvalue weighted by Gasteiger charge is -2.20. The summed E-state index contributed by atoms with van der Waals surface area (Å²) in [6.07, 6.45) is 0. The number of hydrogen-bond acceptors (Lipinski definition) is 3. The summed E-state index contributed by atoms with van der Waals surface area (Å²) in [4.78, 5) is 12.3. The van der Waals surface area contributed by atoms with Gasteiger partial charge in [-0.15, -0.1) is 0 Å². The Balaban J connectivity index is 1.73. The number of ether oxygens (including phenoxy) is 2. The van der Waals surface area contributed by atoms with E-state index in [2.05, 4.69) is 5.32 Å². The van der Waals surface area contributed by atoms with Crippen LogP contribution in [0.3, 0.4) is 0 Å². The van der Waals surface area contributed by atoms with Gasteiger partial charge in [0, 0.05) is 6.54 Å². The number of carbonyl (C=O) groups excluding carboxylic acids is 1. The molecule has 2 aromatic rings. The maximum atomic E-state index is 13.1. The second-order valence-corrected chi connectivity index (χ2v) is 5.17. The molecule has 0 saturated heterocycles. The van der Waals surface area contributed by atoms with Gasteiger partial charge in [-0.05, 0) is 29.8 Å². The van der Waals surface area contributed by atoms with Crippen molar-refractivity contribution in [1.82, 2.24) is 5.32 Å². The van der Waals surface area contributed by atoms with Crippen molar-refractivity contribution < 1.29 is 18.7 Å². The minimum Gasteiger partial charge on any atom is -0.486 e. The third kappa shape index (κ3) is 2.99. The van der Waals surface area contributed by atoms with Crippen LogP contribution in [0.2, 0.25) is 5.02 Å². The molecule has 1 aliphatic rings. The number of halogens is 2. The van der Waals surface area contributed by atoms with Crippen LogP contribution < -0.4 is 14.8 Å². The van der Waals surface area contributed by atoms with Crippen LogP contribution in [-0.4, -0.2) is 19.1 Å². The van der Waals surface area contributed by atoms with Crippen molar-refractivity contribution in [2.75, 3.05) is 13.2 Å². The Morgan fingerprint density at radius 2 is 2.05 bits per heavy atom. The summed E-state index contributed by atoms with van der Waals surface area (Å²) in [5.41, 5.74) is 1.12. The van der Waals surface area contributed by atoms with E-state index in [1.165, 1.54) is 12.1 Å². The van der Waals surface area contributed by atoms with Crippen molar-refractivity contribution in [3.8, 4) is 11.5 Å². The van der Waals surface area contributed by atoms with E-state index in [0.717, 1.165) is 0 Å². The fourth-order valence-corrected chi connectivity index (χ4v) is 2.38. The van der Waals surface area contributed by atoms with Gasteiger partial charge in [0.1, 0.15) is 19.0 Å². The average molecular weight is 322 g/mol. The maximum absolute atomic E-state index is 13.1. The fraction of sp³-hybridized carbons (Fsp3) is 0.188. The predicted octanol–water partition coefficient (Wildman–Crippen LogP) is 3.18. The molecular weight excluding hydrogens is 309 g/mol. The highest BCUT2D eigenvalue weighted by Gasteiger charge is 2.20. The number of rotatable bonds is 3. The molecule has 1 N–H and O–H groups in total. The van der Waals surface area contributed by atoms with E-state index in [4.69, 9.17) is 21.1 Å². The van der Waals surface area contributed by atoms with Crippen LogP contribution in [0, 0.1) is 5.82 Å². The van der Waals surface area contributed by atoms with Gasteiger partial charge < -0.3 is 14.8 Å². The summed E-state index contributed by atoms with van der Waals surface area (Å²) in [5, 5.41) is 2.78. The first-order valence-electron chi connectivity index (χ1n) is 6.76. The highest BCUT2D eigenvalue weighted by atomic mass is 35.5. The van der Waals surface area contributed by atoms with Crippen LogP contribution in [0.15, 0.2) is 36.4 Å². The first-order chi connectivity index (χ1) is 10.6. The molecular formula is C16H13ClFNO3. The maximum Gasteiger partial charge on any atom is 0.255 e. The van der Waals surface area contributed by atoms with E-state index in [9.17, 15) is 9.18 Å². The molecule has 4 nitrogen and oxygen atoms in total. The lowest BCUT2D eigenvalue weighted by molar-refractivity contribution is 0.0940. The molecule has 1 amide bonds. The molecule has 0 atom stereocenters. The summed E-state index contributed by atoms with van der Waals surface area (Å²) in [6.45, 7) is 1.11. The monoisotopic (exact) mass is 321 g/mol. The van der Waals surface area contributed by atoms with Gasteiger partial charge in [-0.3, -0.25) is 4.79 Å². The zero-order chi connectivity index (χ0) is 15.5. The van der Waals surface area contributed by atoms with Gasteiger partial charge in [0.2, 0.25) is 0 Å². The number of benzene rings is 2. The molecule has 0 unspecified atom stereocenters. The van der Waals surface area contributed by atoms with Crippen LogP contribution in [-0.2, 0) is 6.54 Å². The second-order valence-electron chi connectivity index (χ2n) is 4.76. The molecule has 0 spiro atoms. The summed E-state index contributed by atoms with van der Waals surface area (Å²) in [5.74, 6) is 0.231. The Morgan fingerprint density at radius 1 is 1.23 bits per heavy atom. The van der Waals surface area contributed by atoms with Gasteiger partial charge in [0.25, 0.3) is 5.91 Å². The van der Waals surface area contributed by atoms with Crippen LogP contribution in [0.1, 0.15) is 15.9 Å². The van der Waals surface area contributed by atoms with E-state index in [1.54, 1.807) is 24.3 Å². The number of fused-ring (bicyclic) bond motifs is 1. The van der Waals surface area contributed by atoms with Crippen molar-refractivity contribution >= 4 is 17.5 Å². The lowest BCUT2D eigenvalue weighted by Crippen LogP contribution is -2.25. The quantitative estimate of drug-likeness (QED) is 0.944. The molecule has 0 saturated carbocycles. The number of para-hydroxylation sites is 1. The SMILES string of the molecule is O=C(NCc1ccc(F)c(Cl)c1)c1cccc2c1OCCO2. The molecule has 0 fully saturated rings. The average Bonchev–Trinajstić information content (AvgIpc) is 2.55. The normalized spacial score (nSPS) is 12.8. The zero-order valence-corrected chi connectivity index (χ0v) is 12.3. The number of hydrogen-bond donors (Lipinski definition) is 1. The first-order valence-corrected chi connectivity index (χ1v) is 7.13. The summed E-state index contributed by atoms with van der Waals surface area (Å²) in [7, 11) is 0. The van der Waals surface area contributed by atoms with Gasteiger partial charge >= 0.3 is 0 Å². The van der Waals surface area contributed by atoms with E-state index in [1.807, 2.05) is 0 Å². The van der Waals surface area contributed by atoms with Gasteiger partial charge in [0.05, 0.1) is 10.6 Å². The number of amides is 1. The number of carbonyl (C=O) groups is 1. The van der Waals surface area contributed by atoms with Crippen molar-refractivity contribution in [2.45, 2.75) is 6.54 Å². The van der Waals surface area contributed by atoms with E-state index < -0.39 is 5.82 Å². The van der Waals surface area contributed by atoms with Gasteiger partial charge in [-0.1, -0.05) is 23.7 Å². The third-order valence-electron chi connectivity index (χ3n) is 3.25. The van der Waals surface area contributed by atoms with Crippen molar-refractivity contribution in [2.24, 2.45) is 0 Å². The molecule has 0 bridgehead atoms. The van der Waals surface area contributed by atoms with Crippen molar-refractivity contribution in [3.05, 3.63) is 58.4 Å². The van der Waals surface area contributed by atoms with Crippen LogP contribution in [0.25, 0.3) is 0 Å². The Morgan fingerprint density at radius 3 is 2.86 bits per heavy atom. The van der Waals surface area contributed by atoms with Gasteiger partial charge in [0.15, 0.2) is 11.5 Å². The van der Waals surface area contributed by atoms with Gasteiger partial charge in [-0.2, -0.15) is 0 Å². The molecule has 3 rings (SSSR count). The fourth-order valence-electron chi connectivity index (χ4n) is 2.18. The second kappa shape index (κ2) is 6.23. The minimum atomic E-state index is -0.487. The predicted molar refractivity (Wildman–Crippen MR) is 80.0 cm³/mol. The van der Waals surface area contributed by atoms with Crippen molar-refractivity contribution in [3.63, 3.8) is 0 Å². The smallest absolute Gasteiger partial charge is 0.255 e. The summed E-state index contributed by atoms with van der Waals surface area (Å²) < 4.78 is 24.0. The summed E-state index contributed by atoms with van der Waals surface area (Å²) >= 11 is 5.72. The highest BCUT2D eigenvalue weighted by Crippen LogP contribution is 2.33. The molecule has 6 heteroatoms. The Bertz CT molecular complexity index is 721. The third-order valence-corrected chi connectivity index (χ3v) is 3.54. The Kier molecular flexibility index (Phi) is 4.15. The molecule has 0 aliphatic carbocycles. The zero-order valence-electron chi connectivity index (χ0n) is 11.6. The standard InChI is InChI=1S/C16H13ClFNO3/c17-12-8-10(4-5-13(12)18)9-19-16(20)11-2-1-3-14-15(11)22-7-6-21-14/h1-5,8H,6-7,9H2,(H,19,20). The Hall–Kier alpha value is -2.27. The van der Waals surface area contributed by atoms with Crippen molar-refractivity contribution in [1.29, 1.82) is 0 Å². The molecule has 22 heavy (non-hydrogen) atoms. The highest BCUT2D eigenvalue weighted by molar-refractivity contribution is 6.30. The van der Waals surface area contributed by atoms with Crippen LogP contribution in [0.4, 0.5) is 4.39 Å². The Labute approximate surface area is 131 Å². The molecule has 0 radical (unpaired) electrons. The molecule has 1 aliphatic heterocycles. The van der Waals surface area contributed by atoms with E-state index >= 15 is 0 Å². The topological polar surface area (TPSA) is 47.6 Å². The largest absolute Gasteiger partial charge is 0.486 e. The minimum absolute atomic E-state index is 0.0283. The van der Waals surface area contributed by atoms with E-state index in [-0.39, 0.29) is 17.5 Å². The molecule has 0 aromatic heterocycles. The molecule has 2 aromatic carbocycles. The molecule has 114 valence electrons. The molecule has 1 heterocycles. The lowest BCUT2D eigenvalue weighted by atomic mass is 10.1. The summed E-state index contributed by atoms with van der Waals surface area (Å²) in [6, 6.07) is 9.48. The van der Waals surface area contributed by atoms with Crippen LogP contribution in [0.5, 0.6) is 11.5 Å².